The van der Waals surface area contributed by atoms with Gasteiger partial charge in [-0.2, -0.15) is 4.68 Å². The first-order valence-corrected chi connectivity index (χ1v) is 8.97. The van der Waals surface area contributed by atoms with Gasteiger partial charge in [0.1, 0.15) is 6.33 Å². The Kier molecular flexibility index (Phi) is 3.80. The van der Waals surface area contributed by atoms with E-state index in [0.717, 1.165) is 33.4 Å². The van der Waals surface area contributed by atoms with E-state index in [1.165, 1.54) is 6.07 Å². The molecule has 2 aromatic carbocycles. The lowest BCUT2D eigenvalue weighted by Gasteiger charge is -2.02. The predicted molar refractivity (Wildman–Crippen MR) is 106 cm³/mol. The fourth-order valence-corrected chi connectivity index (χ4v) is 3.28. The summed E-state index contributed by atoms with van der Waals surface area (Å²) in [6, 6.07) is 17.1. The zero-order chi connectivity index (χ0) is 20.0. The SMILES string of the molecule is Cc1cc([N+](=O)[O-])nn1Cc1ccc(-c2nc3c4ccccc4ncn3n2)cc1. The van der Waals surface area contributed by atoms with Gasteiger partial charge in [-0.25, -0.2) is 14.5 Å². The van der Waals surface area contributed by atoms with E-state index >= 15 is 0 Å². The number of nitrogens with zero attached hydrogens (tertiary/aromatic N) is 7. The van der Waals surface area contributed by atoms with Gasteiger partial charge in [-0.1, -0.05) is 36.4 Å². The maximum absolute atomic E-state index is 10.9. The first-order chi connectivity index (χ1) is 14.1. The third-order valence-corrected chi connectivity index (χ3v) is 4.78. The molecule has 9 heteroatoms. The van der Waals surface area contributed by atoms with Crippen LogP contribution < -0.4 is 0 Å². The van der Waals surface area contributed by atoms with Crippen molar-refractivity contribution in [3.05, 3.63) is 82.3 Å². The second kappa shape index (κ2) is 6.48. The topological polar surface area (TPSA) is 104 Å². The van der Waals surface area contributed by atoms with Gasteiger partial charge in [0.05, 0.1) is 28.9 Å². The molecule has 0 unspecified atom stereocenters. The lowest BCUT2D eigenvalue weighted by molar-refractivity contribution is -0.389. The van der Waals surface area contributed by atoms with Gasteiger partial charge in [0.25, 0.3) is 0 Å². The molecule has 0 atom stereocenters. The molecule has 9 nitrogen and oxygen atoms in total. The molecule has 0 fully saturated rings. The summed E-state index contributed by atoms with van der Waals surface area (Å²) in [6.07, 6.45) is 1.66. The van der Waals surface area contributed by atoms with Crippen molar-refractivity contribution in [2.75, 3.05) is 0 Å². The molecule has 3 heterocycles. The van der Waals surface area contributed by atoms with Crippen LogP contribution in [-0.2, 0) is 6.54 Å². The van der Waals surface area contributed by atoms with E-state index in [0.29, 0.717) is 12.4 Å². The lowest BCUT2D eigenvalue weighted by atomic mass is 10.1. The Morgan fingerprint density at radius 1 is 1.07 bits per heavy atom. The van der Waals surface area contributed by atoms with E-state index in [9.17, 15) is 10.1 Å². The number of rotatable bonds is 4. The molecular formula is C20H15N7O2. The molecule has 0 spiro atoms. The van der Waals surface area contributed by atoms with Crippen LogP contribution in [0.1, 0.15) is 11.3 Å². The molecule has 0 radical (unpaired) electrons. The highest BCUT2D eigenvalue weighted by molar-refractivity contribution is 5.91. The quantitative estimate of drug-likeness (QED) is 0.347. The Balaban J connectivity index is 1.46. The average molecular weight is 385 g/mol. The third kappa shape index (κ3) is 2.98. The molecule has 3 aromatic heterocycles. The van der Waals surface area contributed by atoms with Gasteiger partial charge in [0.15, 0.2) is 11.5 Å². The smallest absolute Gasteiger partial charge is 0.358 e. The molecular weight excluding hydrogens is 370 g/mol. The monoisotopic (exact) mass is 385 g/mol. The van der Waals surface area contributed by atoms with Crippen LogP contribution in [0.2, 0.25) is 0 Å². The van der Waals surface area contributed by atoms with Gasteiger partial charge >= 0.3 is 5.82 Å². The summed E-state index contributed by atoms with van der Waals surface area (Å²) in [5, 5.41) is 20.4. The molecule has 29 heavy (non-hydrogen) atoms. The van der Waals surface area contributed by atoms with Crippen molar-refractivity contribution < 1.29 is 4.92 Å². The van der Waals surface area contributed by atoms with E-state index < -0.39 is 4.92 Å². The van der Waals surface area contributed by atoms with E-state index in [-0.39, 0.29) is 5.82 Å². The summed E-state index contributed by atoms with van der Waals surface area (Å²) >= 11 is 0. The molecule has 0 aliphatic rings. The van der Waals surface area contributed by atoms with Crippen molar-refractivity contribution in [2.24, 2.45) is 0 Å². The van der Waals surface area contributed by atoms with Gasteiger partial charge < -0.3 is 10.1 Å². The predicted octanol–water partition coefficient (Wildman–Crippen LogP) is 3.41. The van der Waals surface area contributed by atoms with Crippen LogP contribution in [0.15, 0.2) is 60.9 Å². The maximum Gasteiger partial charge on any atom is 0.390 e. The van der Waals surface area contributed by atoms with Crippen LogP contribution in [0.3, 0.4) is 0 Å². The van der Waals surface area contributed by atoms with E-state index in [1.54, 1.807) is 22.4 Å². The number of hydrogen-bond acceptors (Lipinski definition) is 6. The van der Waals surface area contributed by atoms with Crippen LogP contribution in [0.4, 0.5) is 5.82 Å². The standard InChI is InChI=1S/C20H15N7O2/c1-13-10-18(27(28)29)23-25(13)11-14-6-8-15(9-7-14)19-22-20-16-4-2-3-5-17(16)21-12-26(20)24-19/h2-10,12H,11H2,1H3. The number of nitro groups is 1. The Labute approximate surface area is 164 Å². The second-order valence-corrected chi connectivity index (χ2v) is 6.72. The fourth-order valence-electron chi connectivity index (χ4n) is 3.28. The van der Waals surface area contributed by atoms with Crippen LogP contribution >= 0.6 is 0 Å². The summed E-state index contributed by atoms with van der Waals surface area (Å²) in [4.78, 5) is 19.5. The van der Waals surface area contributed by atoms with Gasteiger partial charge in [-0.05, 0) is 29.5 Å². The molecule has 0 saturated carbocycles. The fraction of sp³-hybridized carbons (Fsp3) is 0.100. The Morgan fingerprint density at radius 3 is 2.62 bits per heavy atom. The molecule has 0 bridgehead atoms. The first-order valence-electron chi connectivity index (χ1n) is 8.97. The summed E-state index contributed by atoms with van der Waals surface area (Å²) in [5.41, 5.74) is 4.23. The summed E-state index contributed by atoms with van der Waals surface area (Å²) in [7, 11) is 0. The van der Waals surface area contributed by atoms with Crippen molar-refractivity contribution in [3.8, 4) is 11.4 Å². The molecule has 0 saturated heterocycles. The van der Waals surface area contributed by atoms with Crippen molar-refractivity contribution in [1.29, 1.82) is 0 Å². The minimum absolute atomic E-state index is 0.145. The minimum atomic E-state index is -0.486. The van der Waals surface area contributed by atoms with E-state index in [4.69, 9.17) is 0 Å². The molecule has 0 aliphatic heterocycles. The zero-order valence-electron chi connectivity index (χ0n) is 15.4. The Hall–Kier alpha value is -4.14. The van der Waals surface area contributed by atoms with Crippen molar-refractivity contribution >= 4 is 22.4 Å². The average Bonchev–Trinajstić information content (AvgIpc) is 3.33. The molecule has 0 amide bonds. The van der Waals surface area contributed by atoms with Crippen molar-refractivity contribution in [1.82, 2.24) is 29.4 Å². The molecule has 5 aromatic rings. The van der Waals surface area contributed by atoms with Crippen LogP contribution in [-0.4, -0.2) is 34.3 Å². The van der Waals surface area contributed by atoms with Crippen molar-refractivity contribution in [2.45, 2.75) is 13.5 Å². The Morgan fingerprint density at radius 2 is 1.86 bits per heavy atom. The number of hydrogen-bond donors (Lipinski definition) is 0. The normalized spacial score (nSPS) is 11.3. The first kappa shape index (κ1) is 17.0. The van der Waals surface area contributed by atoms with Gasteiger partial charge in [-0.15, -0.1) is 5.10 Å². The highest BCUT2D eigenvalue weighted by atomic mass is 16.6. The van der Waals surface area contributed by atoms with Crippen LogP contribution in [0, 0.1) is 17.0 Å². The Bertz CT molecular complexity index is 1370. The number of benzene rings is 2. The highest BCUT2D eigenvalue weighted by Crippen LogP contribution is 2.22. The van der Waals surface area contributed by atoms with Gasteiger partial charge in [0, 0.05) is 10.9 Å². The number of aryl methyl sites for hydroxylation is 1. The van der Waals surface area contributed by atoms with Gasteiger partial charge in [-0.3, -0.25) is 0 Å². The minimum Gasteiger partial charge on any atom is -0.358 e. The van der Waals surface area contributed by atoms with Crippen LogP contribution in [0.5, 0.6) is 0 Å². The molecule has 142 valence electrons. The van der Waals surface area contributed by atoms with E-state index in [1.807, 2.05) is 48.5 Å². The maximum atomic E-state index is 10.9. The van der Waals surface area contributed by atoms with Crippen molar-refractivity contribution in [3.63, 3.8) is 0 Å². The lowest BCUT2D eigenvalue weighted by Crippen LogP contribution is -2.04. The van der Waals surface area contributed by atoms with Gasteiger partial charge in [0.2, 0.25) is 0 Å². The largest absolute Gasteiger partial charge is 0.390 e. The zero-order valence-corrected chi connectivity index (χ0v) is 15.4. The molecule has 0 N–H and O–H groups in total. The summed E-state index contributed by atoms with van der Waals surface area (Å²) < 4.78 is 3.30. The second-order valence-electron chi connectivity index (χ2n) is 6.72. The van der Waals surface area contributed by atoms with E-state index in [2.05, 4.69) is 20.2 Å². The highest BCUT2D eigenvalue weighted by Gasteiger charge is 2.16. The molecule has 0 aliphatic carbocycles. The third-order valence-electron chi connectivity index (χ3n) is 4.78. The number of fused-ring (bicyclic) bond motifs is 3. The number of para-hydroxylation sites is 1. The number of aromatic nitrogens is 6. The summed E-state index contributed by atoms with van der Waals surface area (Å²) in [5.74, 6) is 0.467. The van der Waals surface area contributed by atoms with Crippen LogP contribution in [0.25, 0.3) is 27.9 Å². The molecule has 5 rings (SSSR count). The summed E-state index contributed by atoms with van der Waals surface area (Å²) in [6.45, 7) is 2.25.